The van der Waals surface area contributed by atoms with Crippen LogP contribution in [0.1, 0.15) is 38.2 Å². The Bertz CT molecular complexity index is 1170. The van der Waals surface area contributed by atoms with Crippen molar-refractivity contribution in [1.82, 2.24) is 14.3 Å². The molecule has 4 rings (SSSR count). The van der Waals surface area contributed by atoms with Gasteiger partial charge in [0, 0.05) is 32.3 Å². The van der Waals surface area contributed by atoms with Gasteiger partial charge in [0.15, 0.2) is 0 Å². The van der Waals surface area contributed by atoms with Gasteiger partial charge in [0.2, 0.25) is 0 Å². The topological polar surface area (TPSA) is 95.2 Å². The lowest BCUT2D eigenvalue weighted by molar-refractivity contribution is -0.137. The van der Waals surface area contributed by atoms with E-state index < -0.39 is 5.97 Å². The third kappa shape index (κ3) is 4.56. The maximum absolute atomic E-state index is 13.4. The summed E-state index contributed by atoms with van der Waals surface area (Å²) in [4.78, 5) is 45.8. The van der Waals surface area contributed by atoms with Crippen LogP contribution in [0.2, 0.25) is 0 Å². The molecule has 0 radical (unpaired) electrons. The zero-order valence-corrected chi connectivity index (χ0v) is 19.3. The maximum Gasteiger partial charge on any atom is 0.303 e. The number of nitrogens with zero attached hydrogens (tertiary/aromatic N) is 4. The molecule has 2 aromatic heterocycles. The molecule has 2 fully saturated rings. The first-order valence-corrected chi connectivity index (χ1v) is 11.8. The van der Waals surface area contributed by atoms with Crippen molar-refractivity contribution in [2.45, 2.75) is 32.6 Å². The molecule has 4 heterocycles. The van der Waals surface area contributed by atoms with Crippen LogP contribution in [-0.4, -0.2) is 55.2 Å². The number of thiocarbonyl (C=S) groups is 1. The van der Waals surface area contributed by atoms with Crippen LogP contribution in [0.3, 0.4) is 0 Å². The monoisotopic (exact) mass is 472 g/mol. The fourth-order valence-corrected chi connectivity index (χ4v) is 5.18. The molecule has 1 N–H and O–H groups in total. The predicted molar refractivity (Wildman–Crippen MR) is 129 cm³/mol. The normalized spacial score (nSPS) is 18.8. The van der Waals surface area contributed by atoms with E-state index in [1.54, 1.807) is 24.4 Å². The van der Waals surface area contributed by atoms with Crippen LogP contribution in [-0.2, 0) is 9.59 Å². The minimum absolute atomic E-state index is 0.0381. The van der Waals surface area contributed by atoms with Crippen LogP contribution < -0.4 is 10.5 Å². The van der Waals surface area contributed by atoms with Gasteiger partial charge in [-0.05, 0) is 43.4 Å². The number of hydrogen-bond donors (Lipinski definition) is 1. The van der Waals surface area contributed by atoms with E-state index >= 15 is 0 Å². The lowest BCUT2D eigenvalue weighted by atomic mass is 9.99. The maximum atomic E-state index is 13.4. The summed E-state index contributed by atoms with van der Waals surface area (Å²) < 4.78 is 1.85. The molecule has 2 aliphatic rings. The highest BCUT2D eigenvalue weighted by Crippen LogP contribution is 2.34. The average molecular weight is 473 g/mol. The van der Waals surface area contributed by atoms with E-state index in [4.69, 9.17) is 22.3 Å². The number of pyridine rings is 1. The third-order valence-electron chi connectivity index (χ3n) is 5.75. The molecule has 0 atom stereocenters. The molecule has 1 amide bonds. The number of amides is 1. The molecule has 2 aromatic rings. The number of aliphatic carboxylic acids is 1. The summed E-state index contributed by atoms with van der Waals surface area (Å²) in [6.45, 7) is 4.05. The fourth-order valence-electron chi connectivity index (χ4n) is 3.89. The Morgan fingerprint density at radius 1 is 1.31 bits per heavy atom. The summed E-state index contributed by atoms with van der Waals surface area (Å²) in [6, 6.07) is 5.40. The van der Waals surface area contributed by atoms with Gasteiger partial charge in [-0.2, -0.15) is 0 Å². The van der Waals surface area contributed by atoms with E-state index in [0.29, 0.717) is 38.6 Å². The van der Waals surface area contributed by atoms with Gasteiger partial charge in [-0.25, -0.2) is 4.98 Å². The van der Waals surface area contributed by atoms with Crippen molar-refractivity contribution in [2.24, 2.45) is 5.92 Å². The largest absolute Gasteiger partial charge is 0.481 e. The minimum atomic E-state index is -0.915. The summed E-state index contributed by atoms with van der Waals surface area (Å²) in [5.41, 5.74) is 0.694. The molecular formula is C22H24N4O4S2. The summed E-state index contributed by atoms with van der Waals surface area (Å²) in [5, 5.41) is 8.85. The van der Waals surface area contributed by atoms with E-state index in [1.165, 1.54) is 9.30 Å². The molecule has 0 bridgehead atoms. The zero-order valence-electron chi connectivity index (χ0n) is 17.7. The second-order valence-corrected chi connectivity index (χ2v) is 9.76. The SMILES string of the molecule is CC1CCN(c2nc3ccccn3c(=O)c2C=C2SC(=S)N(CCCC(=O)O)C2=O)CC1. The molecule has 168 valence electrons. The van der Waals surface area contributed by atoms with Crippen molar-refractivity contribution < 1.29 is 14.7 Å². The first-order chi connectivity index (χ1) is 15.3. The van der Waals surface area contributed by atoms with Gasteiger partial charge in [-0.1, -0.05) is 37.0 Å². The molecule has 0 aromatic carbocycles. The average Bonchev–Trinajstić information content (AvgIpc) is 3.03. The first kappa shape index (κ1) is 22.5. The van der Waals surface area contributed by atoms with Gasteiger partial charge < -0.3 is 10.0 Å². The van der Waals surface area contributed by atoms with E-state index in [9.17, 15) is 14.4 Å². The smallest absolute Gasteiger partial charge is 0.303 e. The molecule has 32 heavy (non-hydrogen) atoms. The van der Waals surface area contributed by atoms with E-state index in [2.05, 4.69) is 11.8 Å². The zero-order chi connectivity index (χ0) is 22.8. The standard InChI is InChI=1S/C22H24N4O4S2/c1-14-7-11-24(12-8-14)19-15(20(29)25-9-3-2-5-17(25)23-19)13-16-21(30)26(22(31)32-16)10-4-6-18(27)28/h2-3,5,9,13-14H,4,6-8,10-12H2,1H3,(H,27,28). The highest BCUT2D eigenvalue weighted by Gasteiger charge is 2.33. The van der Waals surface area contributed by atoms with Crippen molar-refractivity contribution >= 4 is 57.7 Å². The molecule has 0 saturated carbocycles. The van der Waals surface area contributed by atoms with Crippen LogP contribution in [0.4, 0.5) is 5.82 Å². The van der Waals surface area contributed by atoms with E-state index in [0.717, 1.165) is 37.7 Å². The van der Waals surface area contributed by atoms with Crippen molar-refractivity contribution in [3.8, 4) is 0 Å². The van der Waals surface area contributed by atoms with Gasteiger partial charge in [-0.3, -0.25) is 23.7 Å². The summed E-state index contributed by atoms with van der Waals surface area (Å²) >= 11 is 6.47. The highest BCUT2D eigenvalue weighted by atomic mass is 32.2. The van der Waals surface area contributed by atoms with Crippen molar-refractivity contribution in [3.05, 3.63) is 45.2 Å². The minimum Gasteiger partial charge on any atom is -0.481 e. The number of hydrogen-bond acceptors (Lipinski definition) is 7. The van der Waals surface area contributed by atoms with Crippen molar-refractivity contribution in [3.63, 3.8) is 0 Å². The molecule has 0 aliphatic carbocycles. The summed E-state index contributed by atoms with van der Waals surface area (Å²) in [7, 11) is 0. The lowest BCUT2D eigenvalue weighted by Crippen LogP contribution is -2.36. The van der Waals surface area contributed by atoms with Crippen LogP contribution in [0.15, 0.2) is 34.1 Å². The molecule has 2 saturated heterocycles. The summed E-state index contributed by atoms with van der Waals surface area (Å²) in [6.07, 6.45) is 5.57. The van der Waals surface area contributed by atoms with Gasteiger partial charge in [-0.15, -0.1) is 0 Å². The number of aromatic nitrogens is 2. The molecular weight excluding hydrogens is 448 g/mol. The Balaban J connectivity index is 1.72. The number of piperidine rings is 1. The van der Waals surface area contributed by atoms with E-state index in [1.807, 2.05) is 6.07 Å². The predicted octanol–water partition coefficient (Wildman–Crippen LogP) is 3.00. The Kier molecular flexibility index (Phi) is 6.61. The van der Waals surface area contributed by atoms with Crippen LogP contribution in [0.5, 0.6) is 0 Å². The van der Waals surface area contributed by atoms with Crippen molar-refractivity contribution in [2.75, 3.05) is 24.5 Å². The highest BCUT2D eigenvalue weighted by molar-refractivity contribution is 8.26. The number of rotatable bonds is 6. The second-order valence-electron chi connectivity index (χ2n) is 8.08. The number of anilines is 1. The quantitative estimate of drug-likeness (QED) is 0.506. The first-order valence-electron chi connectivity index (χ1n) is 10.6. The lowest BCUT2D eigenvalue weighted by Gasteiger charge is -2.32. The number of fused-ring (bicyclic) bond motifs is 1. The Labute approximate surface area is 194 Å². The molecule has 0 unspecified atom stereocenters. The fraction of sp³-hybridized carbons (Fsp3) is 0.409. The summed E-state index contributed by atoms with van der Waals surface area (Å²) in [5.74, 6) is -0.00884. The van der Waals surface area contributed by atoms with Gasteiger partial charge in [0.25, 0.3) is 11.5 Å². The number of carboxylic acids is 1. The van der Waals surface area contributed by atoms with Crippen LogP contribution in [0.25, 0.3) is 11.7 Å². The molecule has 0 spiro atoms. The Hall–Kier alpha value is -2.72. The van der Waals surface area contributed by atoms with Gasteiger partial charge >= 0.3 is 5.97 Å². The Morgan fingerprint density at radius 3 is 2.78 bits per heavy atom. The molecule has 8 nitrogen and oxygen atoms in total. The molecule has 2 aliphatic heterocycles. The number of carboxylic acid groups (broad SMARTS) is 1. The van der Waals surface area contributed by atoms with Crippen molar-refractivity contribution in [1.29, 1.82) is 0 Å². The second kappa shape index (κ2) is 9.41. The Morgan fingerprint density at radius 2 is 2.06 bits per heavy atom. The molecule has 10 heteroatoms. The third-order valence-corrected chi connectivity index (χ3v) is 7.13. The number of carbonyl (C=O) groups is 2. The number of carbonyl (C=O) groups excluding carboxylic acids is 1. The van der Waals surface area contributed by atoms with Crippen LogP contribution in [0, 0.1) is 5.92 Å². The number of thioether (sulfide) groups is 1. The van der Waals surface area contributed by atoms with Gasteiger partial charge in [0.1, 0.15) is 15.8 Å². The van der Waals surface area contributed by atoms with E-state index in [-0.39, 0.29) is 24.4 Å². The van der Waals surface area contributed by atoms with Gasteiger partial charge in [0.05, 0.1) is 10.5 Å². The van der Waals surface area contributed by atoms with Crippen LogP contribution >= 0.6 is 24.0 Å².